The highest BCUT2D eigenvalue weighted by atomic mass is 32.1. The molecule has 2 heterocycles. The van der Waals surface area contributed by atoms with Gasteiger partial charge in [0.15, 0.2) is 0 Å². The van der Waals surface area contributed by atoms with Gasteiger partial charge in [0, 0.05) is 6.20 Å². The zero-order valence-electron chi connectivity index (χ0n) is 6.40. The third-order valence-electron chi connectivity index (χ3n) is 1.59. The van der Waals surface area contributed by atoms with Gasteiger partial charge < -0.3 is 5.73 Å². The van der Waals surface area contributed by atoms with Gasteiger partial charge >= 0.3 is 0 Å². The third-order valence-corrected chi connectivity index (χ3v) is 2.47. The van der Waals surface area contributed by atoms with Crippen LogP contribution >= 0.6 is 11.3 Å². The monoisotopic (exact) mass is 176 g/mol. The molecule has 0 spiro atoms. The summed E-state index contributed by atoms with van der Waals surface area (Å²) in [4.78, 5) is 5.32. The summed E-state index contributed by atoms with van der Waals surface area (Å²) in [6.45, 7) is 0. The van der Waals surface area contributed by atoms with Crippen molar-refractivity contribution in [3.63, 3.8) is 0 Å². The standard InChI is InChI=1S/C9H8N2S/c10-7-3-1-5-11-9(7)8-4-2-6-12-8/h1-6H,10H2. The second-order valence-electron chi connectivity index (χ2n) is 2.42. The first kappa shape index (κ1) is 7.31. The van der Waals surface area contributed by atoms with Crippen LogP contribution in [-0.4, -0.2) is 4.98 Å². The van der Waals surface area contributed by atoms with E-state index in [1.165, 1.54) is 0 Å². The Hall–Kier alpha value is -1.35. The lowest BCUT2D eigenvalue weighted by Gasteiger charge is -1.99. The van der Waals surface area contributed by atoms with E-state index in [0.717, 1.165) is 16.3 Å². The summed E-state index contributed by atoms with van der Waals surface area (Å²) < 4.78 is 0. The predicted molar refractivity (Wildman–Crippen MR) is 52.0 cm³/mol. The SMILES string of the molecule is Nc1cccnc1-c1cccs1. The van der Waals surface area contributed by atoms with Gasteiger partial charge in [-0.25, -0.2) is 0 Å². The molecule has 0 radical (unpaired) electrons. The third kappa shape index (κ3) is 1.19. The zero-order chi connectivity index (χ0) is 8.39. The molecule has 0 saturated heterocycles. The molecule has 0 bridgehead atoms. The molecule has 12 heavy (non-hydrogen) atoms. The molecule has 2 aromatic rings. The Bertz CT molecular complexity index is 368. The predicted octanol–water partition coefficient (Wildman–Crippen LogP) is 2.39. The van der Waals surface area contributed by atoms with Gasteiger partial charge in [-0.2, -0.15) is 0 Å². The lowest BCUT2D eigenvalue weighted by atomic mass is 10.2. The molecule has 0 amide bonds. The molecule has 0 unspecified atom stereocenters. The Morgan fingerprint density at radius 1 is 1.25 bits per heavy atom. The number of hydrogen-bond acceptors (Lipinski definition) is 3. The van der Waals surface area contributed by atoms with E-state index in [2.05, 4.69) is 4.98 Å². The summed E-state index contributed by atoms with van der Waals surface area (Å²) in [5.74, 6) is 0. The molecule has 3 heteroatoms. The average molecular weight is 176 g/mol. The van der Waals surface area contributed by atoms with Crippen LogP contribution in [0.3, 0.4) is 0 Å². The van der Waals surface area contributed by atoms with Crippen molar-refractivity contribution in [1.82, 2.24) is 4.98 Å². The van der Waals surface area contributed by atoms with Crippen molar-refractivity contribution in [1.29, 1.82) is 0 Å². The highest BCUT2D eigenvalue weighted by molar-refractivity contribution is 7.13. The first-order chi connectivity index (χ1) is 5.88. The Morgan fingerprint density at radius 2 is 2.17 bits per heavy atom. The first-order valence-electron chi connectivity index (χ1n) is 3.62. The van der Waals surface area contributed by atoms with Crippen molar-refractivity contribution in [2.75, 3.05) is 5.73 Å². The molecule has 2 rings (SSSR count). The van der Waals surface area contributed by atoms with Crippen molar-refractivity contribution < 1.29 is 0 Å². The van der Waals surface area contributed by atoms with Gasteiger partial charge in [0.05, 0.1) is 10.6 Å². The number of nitrogens with zero attached hydrogens (tertiary/aromatic N) is 1. The summed E-state index contributed by atoms with van der Waals surface area (Å²) in [5, 5.41) is 2.02. The Labute approximate surface area is 74.7 Å². The number of nitrogen functional groups attached to an aromatic ring is 1. The molecule has 0 fully saturated rings. The van der Waals surface area contributed by atoms with Crippen molar-refractivity contribution in [2.24, 2.45) is 0 Å². The fourth-order valence-electron chi connectivity index (χ4n) is 1.04. The Morgan fingerprint density at radius 3 is 2.83 bits per heavy atom. The summed E-state index contributed by atoms with van der Waals surface area (Å²) in [6.07, 6.45) is 1.76. The number of pyridine rings is 1. The molecule has 60 valence electrons. The summed E-state index contributed by atoms with van der Waals surface area (Å²) >= 11 is 1.65. The van der Waals surface area contributed by atoms with Gasteiger partial charge in [0.2, 0.25) is 0 Å². The summed E-state index contributed by atoms with van der Waals surface area (Å²) in [5.41, 5.74) is 7.37. The highest BCUT2D eigenvalue weighted by Crippen LogP contribution is 2.26. The number of rotatable bonds is 1. The van der Waals surface area contributed by atoms with Crippen LogP contribution in [0.5, 0.6) is 0 Å². The first-order valence-corrected chi connectivity index (χ1v) is 4.50. The van der Waals surface area contributed by atoms with Crippen molar-refractivity contribution >= 4 is 17.0 Å². The molecule has 0 atom stereocenters. The molecule has 2 aromatic heterocycles. The minimum Gasteiger partial charge on any atom is -0.397 e. The summed E-state index contributed by atoms with van der Waals surface area (Å²) in [6, 6.07) is 7.71. The van der Waals surface area contributed by atoms with Crippen LogP contribution in [0.25, 0.3) is 10.6 Å². The largest absolute Gasteiger partial charge is 0.397 e. The fraction of sp³-hybridized carbons (Fsp3) is 0. The molecule has 0 saturated carbocycles. The second-order valence-corrected chi connectivity index (χ2v) is 3.37. The van der Waals surface area contributed by atoms with Crippen LogP contribution in [0.1, 0.15) is 0 Å². The van der Waals surface area contributed by atoms with E-state index in [9.17, 15) is 0 Å². The van der Waals surface area contributed by atoms with Gasteiger partial charge in [-0.05, 0) is 23.6 Å². The van der Waals surface area contributed by atoms with Gasteiger partial charge in [-0.15, -0.1) is 11.3 Å². The highest BCUT2D eigenvalue weighted by Gasteiger charge is 2.02. The lowest BCUT2D eigenvalue weighted by Crippen LogP contribution is -1.90. The Kier molecular flexibility index (Phi) is 1.80. The topological polar surface area (TPSA) is 38.9 Å². The van der Waals surface area contributed by atoms with Gasteiger partial charge in [-0.1, -0.05) is 6.07 Å². The van der Waals surface area contributed by atoms with Gasteiger partial charge in [0.1, 0.15) is 5.69 Å². The lowest BCUT2D eigenvalue weighted by molar-refractivity contribution is 1.34. The molecule has 0 aliphatic heterocycles. The van der Waals surface area contributed by atoms with Crippen LogP contribution < -0.4 is 5.73 Å². The smallest absolute Gasteiger partial charge is 0.103 e. The maximum Gasteiger partial charge on any atom is 0.103 e. The molecule has 0 aliphatic rings. The summed E-state index contributed by atoms with van der Waals surface area (Å²) in [7, 11) is 0. The van der Waals surface area contributed by atoms with Gasteiger partial charge in [-0.3, -0.25) is 4.98 Å². The maximum atomic E-state index is 5.76. The van der Waals surface area contributed by atoms with Crippen molar-refractivity contribution in [2.45, 2.75) is 0 Å². The molecular formula is C9H8N2S. The molecule has 2 nitrogen and oxygen atoms in total. The minimum atomic E-state index is 0.736. The maximum absolute atomic E-state index is 5.76. The number of aromatic nitrogens is 1. The zero-order valence-corrected chi connectivity index (χ0v) is 7.21. The fourth-order valence-corrected chi connectivity index (χ4v) is 1.78. The van der Waals surface area contributed by atoms with Crippen LogP contribution in [0, 0.1) is 0 Å². The van der Waals surface area contributed by atoms with Crippen LogP contribution in [0.4, 0.5) is 5.69 Å². The van der Waals surface area contributed by atoms with E-state index in [1.54, 1.807) is 17.5 Å². The van der Waals surface area contributed by atoms with Crippen LogP contribution in [0.15, 0.2) is 35.8 Å². The van der Waals surface area contributed by atoms with E-state index >= 15 is 0 Å². The van der Waals surface area contributed by atoms with E-state index < -0.39 is 0 Å². The number of hydrogen-bond donors (Lipinski definition) is 1. The van der Waals surface area contributed by atoms with Crippen LogP contribution in [0.2, 0.25) is 0 Å². The number of nitrogens with two attached hydrogens (primary N) is 1. The molecule has 0 aromatic carbocycles. The molecule has 0 aliphatic carbocycles. The molecule has 2 N–H and O–H groups in total. The van der Waals surface area contributed by atoms with Crippen molar-refractivity contribution in [3.8, 4) is 10.6 Å². The Balaban J connectivity index is 2.55. The van der Waals surface area contributed by atoms with E-state index in [0.29, 0.717) is 0 Å². The molecular weight excluding hydrogens is 168 g/mol. The van der Waals surface area contributed by atoms with Crippen molar-refractivity contribution in [3.05, 3.63) is 35.8 Å². The van der Waals surface area contributed by atoms with Gasteiger partial charge in [0.25, 0.3) is 0 Å². The second kappa shape index (κ2) is 2.95. The normalized spacial score (nSPS) is 10.0. The van der Waals surface area contributed by atoms with E-state index in [4.69, 9.17) is 5.73 Å². The average Bonchev–Trinajstić information content (AvgIpc) is 2.57. The minimum absolute atomic E-state index is 0.736. The van der Waals surface area contributed by atoms with Crippen LogP contribution in [-0.2, 0) is 0 Å². The quantitative estimate of drug-likeness (QED) is 0.724. The number of thiophene rings is 1. The van der Waals surface area contributed by atoms with E-state index in [1.807, 2.05) is 29.6 Å². The van der Waals surface area contributed by atoms with E-state index in [-0.39, 0.29) is 0 Å². The number of anilines is 1.